The molecule has 0 radical (unpaired) electrons. The van der Waals surface area contributed by atoms with Crippen LogP contribution in [0.5, 0.6) is 0 Å². The van der Waals surface area contributed by atoms with E-state index in [0.29, 0.717) is 28.3 Å². The predicted molar refractivity (Wildman–Crippen MR) is 131 cm³/mol. The Balaban J connectivity index is 1.28. The summed E-state index contributed by atoms with van der Waals surface area (Å²) in [6, 6.07) is 14.3. The average Bonchev–Trinajstić information content (AvgIpc) is 2.84. The van der Waals surface area contributed by atoms with Crippen molar-refractivity contribution >= 4 is 11.6 Å². The van der Waals surface area contributed by atoms with Crippen molar-refractivity contribution in [3.05, 3.63) is 69.7 Å². The maximum atomic E-state index is 10.5. The Kier molecular flexibility index (Phi) is 7.04. The van der Waals surface area contributed by atoms with Crippen LogP contribution < -0.4 is 0 Å². The van der Waals surface area contributed by atoms with Crippen LogP contribution in [0.3, 0.4) is 0 Å². The summed E-state index contributed by atoms with van der Waals surface area (Å²) in [6.07, 6.45) is 4.39. The lowest BCUT2D eigenvalue weighted by atomic mass is 9.58. The number of aliphatic hydroxyl groups excluding tert-OH is 4. The number of halogens is 1. The maximum absolute atomic E-state index is 10.5. The van der Waals surface area contributed by atoms with Crippen molar-refractivity contribution in [1.82, 2.24) is 0 Å². The molecule has 5 rings (SSSR count). The lowest BCUT2D eigenvalue weighted by Gasteiger charge is -2.47. The molecule has 0 amide bonds. The molecule has 1 aliphatic heterocycles. The predicted octanol–water partition coefficient (Wildman–Crippen LogP) is 4.27. The highest BCUT2D eigenvalue weighted by atomic mass is 35.5. The minimum Gasteiger partial charge on any atom is -0.394 e. The van der Waals surface area contributed by atoms with E-state index < -0.39 is 37.1 Å². The molecule has 3 aliphatic rings. The number of ether oxygens (including phenoxy) is 1. The first kappa shape index (κ1) is 24.2. The molecular formula is C28H35ClO5. The first-order valence-electron chi connectivity index (χ1n) is 12.6. The number of aliphatic hydroxyl groups is 4. The van der Waals surface area contributed by atoms with Crippen LogP contribution in [-0.4, -0.2) is 51.4 Å². The SMILES string of the molecule is OC[C@H]1OC(c2ccc(Cl)c(Cc3ccc(C4CCC5(CCC5)CC4)cc3)c2)[C@H](O)[C@@H](O)[C@@H]1O. The Labute approximate surface area is 206 Å². The Morgan fingerprint density at radius 2 is 1.53 bits per heavy atom. The third-order valence-electron chi connectivity index (χ3n) is 8.60. The van der Waals surface area contributed by atoms with Gasteiger partial charge in [0.25, 0.3) is 0 Å². The standard InChI is InChI=1S/C28H35ClO5/c29-22-7-6-20(27-26(33)25(32)24(31)23(16-30)34-27)15-21(22)14-17-2-4-18(5-3-17)19-8-12-28(13-9-19)10-1-11-28/h2-7,15,19,23-27,30-33H,1,8-14,16H2/t23-,24-,25+,26-,27?/m1/s1. The fourth-order valence-corrected chi connectivity index (χ4v) is 6.34. The van der Waals surface area contributed by atoms with Crippen molar-refractivity contribution in [3.8, 4) is 0 Å². The summed E-state index contributed by atoms with van der Waals surface area (Å²) in [6.45, 7) is -0.448. The van der Waals surface area contributed by atoms with Crippen LogP contribution >= 0.6 is 11.6 Å². The maximum Gasteiger partial charge on any atom is 0.113 e. The molecule has 0 bridgehead atoms. The van der Waals surface area contributed by atoms with Crippen LogP contribution in [0.25, 0.3) is 0 Å². The van der Waals surface area contributed by atoms with Gasteiger partial charge in [-0.2, -0.15) is 0 Å². The van der Waals surface area contributed by atoms with Gasteiger partial charge >= 0.3 is 0 Å². The number of hydrogen-bond donors (Lipinski definition) is 4. The molecule has 1 heterocycles. The molecule has 1 spiro atoms. The summed E-state index contributed by atoms with van der Waals surface area (Å²) in [7, 11) is 0. The molecule has 5 nitrogen and oxygen atoms in total. The highest BCUT2D eigenvalue weighted by Crippen LogP contribution is 2.54. The highest BCUT2D eigenvalue weighted by molar-refractivity contribution is 6.31. The Morgan fingerprint density at radius 3 is 2.15 bits per heavy atom. The molecule has 184 valence electrons. The molecule has 5 atom stereocenters. The van der Waals surface area contributed by atoms with Gasteiger partial charge in [0.05, 0.1) is 6.61 Å². The third-order valence-corrected chi connectivity index (χ3v) is 8.97. The van der Waals surface area contributed by atoms with E-state index in [1.807, 2.05) is 6.07 Å². The third kappa shape index (κ3) is 4.67. The molecule has 1 unspecified atom stereocenters. The zero-order valence-corrected chi connectivity index (χ0v) is 20.2. The van der Waals surface area contributed by atoms with Crippen molar-refractivity contribution in [3.63, 3.8) is 0 Å². The summed E-state index contributed by atoms with van der Waals surface area (Å²) in [5.41, 5.74) is 4.81. The van der Waals surface area contributed by atoms with E-state index in [0.717, 1.165) is 11.1 Å². The fraction of sp³-hybridized carbons (Fsp3) is 0.571. The van der Waals surface area contributed by atoms with E-state index in [2.05, 4.69) is 24.3 Å². The summed E-state index contributed by atoms with van der Waals surface area (Å²) >= 11 is 6.50. The van der Waals surface area contributed by atoms with Crippen molar-refractivity contribution in [2.75, 3.05) is 6.61 Å². The van der Waals surface area contributed by atoms with Crippen molar-refractivity contribution in [2.45, 2.75) is 87.8 Å². The molecule has 6 heteroatoms. The number of benzene rings is 2. The summed E-state index contributed by atoms with van der Waals surface area (Å²) in [5, 5.41) is 40.8. The minimum atomic E-state index is -1.40. The Bertz CT molecular complexity index is 977. The molecule has 4 N–H and O–H groups in total. The average molecular weight is 487 g/mol. The van der Waals surface area contributed by atoms with Gasteiger partial charge in [-0.05, 0) is 84.6 Å². The first-order valence-corrected chi connectivity index (χ1v) is 12.9. The zero-order valence-electron chi connectivity index (χ0n) is 19.4. The van der Waals surface area contributed by atoms with Crippen LogP contribution in [0.15, 0.2) is 42.5 Å². The van der Waals surface area contributed by atoms with Crippen molar-refractivity contribution in [2.24, 2.45) is 5.41 Å². The second-order valence-corrected chi connectivity index (χ2v) is 11.1. The van der Waals surface area contributed by atoms with Gasteiger partial charge in [0.2, 0.25) is 0 Å². The lowest BCUT2D eigenvalue weighted by molar-refractivity contribution is -0.231. The molecule has 2 aromatic rings. The quantitative estimate of drug-likeness (QED) is 0.506. The zero-order chi connectivity index (χ0) is 23.9. The van der Waals surface area contributed by atoms with Crippen LogP contribution in [-0.2, 0) is 11.2 Å². The molecule has 2 saturated carbocycles. The van der Waals surface area contributed by atoms with Crippen molar-refractivity contribution in [1.29, 1.82) is 0 Å². The van der Waals surface area contributed by atoms with Crippen LogP contribution in [0.4, 0.5) is 0 Å². The summed E-state index contributed by atoms with van der Waals surface area (Å²) in [5.74, 6) is 0.665. The van der Waals surface area contributed by atoms with Crippen LogP contribution in [0.1, 0.15) is 79.2 Å². The molecule has 0 aromatic heterocycles. The highest BCUT2D eigenvalue weighted by Gasteiger charge is 2.44. The van der Waals surface area contributed by atoms with Crippen molar-refractivity contribution < 1.29 is 25.2 Å². The smallest absolute Gasteiger partial charge is 0.113 e. The van der Waals surface area contributed by atoms with E-state index in [9.17, 15) is 20.4 Å². The number of hydrogen-bond acceptors (Lipinski definition) is 5. The van der Waals surface area contributed by atoms with Gasteiger partial charge in [0.1, 0.15) is 30.5 Å². The normalized spacial score (nSPS) is 31.4. The molecule has 3 fully saturated rings. The lowest BCUT2D eigenvalue weighted by Crippen LogP contribution is -2.55. The van der Waals surface area contributed by atoms with E-state index in [1.165, 1.54) is 50.5 Å². The fourth-order valence-electron chi connectivity index (χ4n) is 6.15. The van der Waals surface area contributed by atoms with E-state index in [-0.39, 0.29) is 0 Å². The van der Waals surface area contributed by atoms with Gasteiger partial charge in [0.15, 0.2) is 0 Å². The molecule has 1 saturated heterocycles. The molecule has 34 heavy (non-hydrogen) atoms. The topological polar surface area (TPSA) is 90.2 Å². The van der Waals surface area contributed by atoms with Crippen LogP contribution in [0, 0.1) is 5.41 Å². The van der Waals surface area contributed by atoms with Gasteiger partial charge in [-0.3, -0.25) is 0 Å². The molecule has 2 aromatic carbocycles. The molecule has 2 aliphatic carbocycles. The van der Waals surface area contributed by atoms with Gasteiger partial charge in [0, 0.05) is 5.02 Å². The van der Waals surface area contributed by atoms with E-state index >= 15 is 0 Å². The molecular weight excluding hydrogens is 452 g/mol. The van der Waals surface area contributed by atoms with Gasteiger partial charge in [-0.25, -0.2) is 0 Å². The second kappa shape index (κ2) is 9.88. The first-order chi connectivity index (χ1) is 16.4. The summed E-state index contributed by atoms with van der Waals surface area (Å²) < 4.78 is 5.72. The number of rotatable bonds is 5. The van der Waals surface area contributed by atoms with Gasteiger partial charge < -0.3 is 25.2 Å². The summed E-state index contributed by atoms with van der Waals surface area (Å²) in [4.78, 5) is 0. The van der Waals surface area contributed by atoms with E-state index in [1.54, 1.807) is 12.1 Å². The van der Waals surface area contributed by atoms with Gasteiger partial charge in [-0.15, -0.1) is 0 Å². The Morgan fingerprint density at radius 1 is 0.853 bits per heavy atom. The minimum absolute atomic E-state index is 0.448. The largest absolute Gasteiger partial charge is 0.394 e. The van der Waals surface area contributed by atoms with Crippen LogP contribution in [0.2, 0.25) is 5.02 Å². The Hall–Kier alpha value is -1.47. The van der Waals surface area contributed by atoms with E-state index in [4.69, 9.17) is 16.3 Å². The van der Waals surface area contributed by atoms with Gasteiger partial charge in [-0.1, -0.05) is 54.4 Å². The second-order valence-electron chi connectivity index (χ2n) is 10.6. The monoisotopic (exact) mass is 486 g/mol.